The molecule has 0 aliphatic heterocycles. The van der Waals surface area contributed by atoms with Crippen LogP contribution in [0.25, 0.3) is 0 Å². The van der Waals surface area contributed by atoms with Crippen molar-refractivity contribution in [1.82, 2.24) is 0 Å². The van der Waals surface area contributed by atoms with E-state index in [9.17, 15) is 4.79 Å². The third-order valence-electron chi connectivity index (χ3n) is 4.15. The molecule has 0 aliphatic rings. The van der Waals surface area contributed by atoms with Crippen LogP contribution in [-0.4, -0.2) is 25.6 Å². The molecule has 1 atom stereocenters. The second kappa shape index (κ2) is 10.8. The van der Waals surface area contributed by atoms with Gasteiger partial charge in [-0.3, -0.25) is 4.79 Å². The first kappa shape index (κ1) is 19.3. The number of carbonyl (C=O) groups is 1. The summed E-state index contributed by atoms with van der Waals surface area (Å²) < 4.78 is 10.5. The van der Waals surface area contributed by atoms with Crippen LogP contribution in [0.4, 0.5) is 0 Å². The number of ether oxygens (including phenoxy) is 2. The molecule has 0 fully saturated rings. The number of alkyl halides is 1. The van der Waals surface area contributed by atoms with Crippen molar-refractivity contribution in [2.24, 2.45) is 5.92 Å². The molecular weight excluding hydrogens is 336 g/mol. The Kier molecular flexibility index (Phi) is 8.33. The second-order valence-corrected chi connectivity index (χ2v) is 6.36. The summed E-state index contributed by atoms with van der Waals surface area (Å²) in [6.45, 7) is 0.491. The molecule has 0 radical (unpaired) electrons. The van der Waals surface area contributed by atoms with E-state index in [2.05, 4.69) is 12.1 Å². The predicted molar refractivity (Wildman–Crippen MR) is 101 cm³/mol. The standard InChI is InChI=1S/C21H25ClO3/c1-24-21(23)19(9-5-8-17-6-3-2-4-7-17)16-18-10-12-20(13-11-18)25-15-14-22/h2-4,6-7,10-13,19H,5,8-9,14-16H2,1H3. The number of methoxy groups -OCH3 is 1. The van der Waals surface area contributed by atoms with E-state index >= 15 is 0 Å². The molecule has 2 aromatic carbocycles. The molecule has 4 heteroatoms. The molecule has 2 aromatic rings. The zero-order valence-corrected chi connectivity index (χ0v) is 15.4. The first-order chi connectivity index (χ1) is 12.2. The second-order valence-electron chi connectivity index (χ2n) is 5.98. The highest BCUT2D eigenvalue weighted by atomic mass is 35.5. The minimum atomic E-state index is -0.143. The lowest BCUT2D eigenvalue weighted by Crippen LogP contribution is -2.19. The Morgan fingerprint density at radius 3 is 2.40 bits per heavy atom. The molecule has 0 heterocycles. The molecule has 0 bridgehead atoms. The Bertz CT molecular complexity index is 625. The van der Waals surface area contributed by atoms with Gasteiger partial charge in [-0.15, -0.1) is 11.6 Å². The number of hydrogen-bond donors (Lipinski definition) is 0. The van der Waals surface area contributed by atoms with Crippen LogP contribution in [0.3, 0.4) is 0 Å². The number of carbonyl (C=O) groups excluding carboxylic acids is 1. The SMILES string of the molecule is COC(=O)C(CCCc1ccccc1)Cc1ccc(OCCCl)cc1. The summed E-state index contributed by atoms with van der Waals surface area (Å²) in [6, 6.07) is 18.2. The molecule has 0 saturated carbocycles. The summed E-state index contributed by atoms with van der Waals surface area (Å²) in [5.41, 5.74) is 2.40. The Morgan fingerprint density at radius 2 is 1.76 bits per heavy atom. The number of benzene rings is 2. The van der Waals surface area contributed by atoms with Gasteiger partial charge < -0.3 is 9.47 Å². The van der Waals surface area contributed by atoms with E-state index in [1.165, 1.54) is 12.7 Å². The van der Waals surface area contributed by atoms with E-state index < -0.39 is 0 Å². The van der Waals surface area contributed by atoms with E-state index in [1.807, 2.05) is 42.5 Å². The maximum atomic E-state index is 12.1. The first-order valence-electron chi connectivity index (χ1n) is 8.62. The van der Waals surface area contributed by atoms with Crippen molar-refractivity contribution in [3.8, 4) is 5.75 Å². The van der Waals surface area contributed by atoms with E-state index in [4.69, 9.17) is 21.1 Å². The lowest BCUT2D eigenvalue weighted by Gasteiger charge is -2.15. The van der Waals surface area contributed by atoms with Crippen molar-refractivity contribution in [3.63, 3.8) is 0 Å². The molecule has 25 heavy (non-hydrogen) atoms. The van der Waals surface area contributed by atoms with Crippen molar-refractivity contribution >= 4 is 17.6 Å². The smallest absolute Gasteiger partial charge is 0.308 e. The van der Waals surface area contributed by atoms with Gasteiger partial charge in [0.2, 0.25) is 0 Å². The van der Waals surface area contributed by atoms with Crippen molar-refractivity contribution in [2.45, 2.75) is 25.7 Å². The molecule has 134 valence electrons. The minimum absolute atomic E-state index is 0.122. The summed E-state index contributed by atoms with van der Waals surface area (Å²) in [6.07, 6.45) is 3.42. The average molecular weight is 361 g/mol. The number of aryl methyl sites for hydroxylation is 1. The van der Waals surface area contributed by atoms with Gasteiger partial charge in [0.1, 0.15) is 12.4 Å². The van der Waals surface area contributed by atoms with Crippen LogP contribution in [0.1, 0.15) is 24.0 Å². The Balaban J connectivity index is 1.89. The molecule has 0 amide bonds. The predicted octanol–water partition coefficient (Wildman–Crippen LogP) is 4.66. The van der Waals surface area contributed by atoms with Gasteiger partial charge in [0.15, 0.2) is 0 Å². The van der Waals surface area contributed by atoms with Gasteiger partial charge in [-0.1, -0.05) is 42.5 Å². The molecule has 1 unspecified atom stereocenters. The molecule has 0 spiro atoms. The Hall–Kier alpha value is -2.00. The lowest BCUT2D eigenvalue weighted by molar-refractivity contribution is -0.145. The zero-order chi connectivity index (χ0) is 17.9. The summed E-state index contributed by atoms with van der Waals surface area (Å²) in [5, 5.41) is 0. The molecule has 0 aromatic heterocycles. The van der Waals surface area contributed by atoms with E-state index in [0.29, 0.717) is 18.9 Å². The maximum absolute atomic E-state index is 12.1. The molecule has 0 saturated heterocycles. The highest BCUT2D eigenvalue weighted by molar-refractivity contribution is 6.18. The molecule has 3 nitrogen and oxygen atoms in total. The Morgan fingerprint density at radius 1 is 1.04 bits per heavy atom. The maximum Gasteiger partial charge on any atom is 0.308 e. The van der Waals surface area contributed by atoms with Gasteiger partial charge in [-0.05, 0) is 48.9 Å². The summed E-state index contributed by atoms with van der Waals surface area (Å²) in [7, 11) is 1.45. The van der Waals surface area contributed by atoms with Crippen molar-refractivity contribution in [1.29, 1.82) is 0 Å². The van der Waals surface area contributed by atoms with Crippen LogP contribution >= 0.6 is 11.6 Å². The lowest BCUT2D eigenvalue weighted by atomic mass is 9.93. The van der Waals surface area contributed by atoms with Crippen LogP contribution in [-0.2, 0) is 22.4 Å². The fourth-order valence-electron chi connectivity index (χ4n) is 2.83. The molecule has 2 rings (SSSR count). The number of esters is 1. The number of rotatable bonds is 10. The van der Waals surface area contributed by atoms with Crippen LogP contribution in [0.2, 0.25) is 0 Å². The largest absolute Gasteiger partial charge is 0.492 e. The van der Waals surface area contributed by atoms with E-state index in [1.54, 1.807) is 0 Å². The van der Waals surface area contributed by atoms with Crippen LogP contribution in [0, 0.1) is 5.92 Å². The van der Waals surface area contributed by atoms with Gasteiger partial charge >= 0.3 is 5.97 Å². The van der Waals surface area contributed by atoms with Crippen LogP contribution < -0.4 is 4.74 Å². The van der Waals surface area contributed by atoms with Crippen LogP contribution in [0.5, 0.6) is 5.75 Å². The van der Waals surface area contributed by atoms with E-state index in [-0.39, 0.29) is 11.9 Å². The summed E-state index contributed by atoms with van der Waals surface area (Å²) >= 11 is 5.62. The third-order valence-corrected chi connectivity index (χ3v) is 4.30. The summed E-state index contributed by atoms with van der Waals surface area (Å²) in [5.74, 6) is 0.995. The first-order valence-corrected chi connectivity index (χ1v) is 9.16. The van der Waals surface area contributed by atoms with Gasteiger partial charge in [-0.25, -0.2) is 0 Å². The van der Waals surface area contributed by atoms with Crippen molar-refractivity contribution in [3.05, 3.63) is 65.7 Å². The van der Waals surface area contributed by atoms with Crippen molar-refractivity contribution in [2.75, 3.05) is 19.6 Å². The average Bonchev–Trinajstić information content (AvgIpc) is 2.66. The fourth-order valence-corrected chi connectivity index (χ4v) is 2.91. The third kappa shape index (κ3) is 6.79. The molecule has 0 aliphatic carbocycles. The fraction of sp³-hybridized carbons (Fsp3) is 0.381. The van der Waals surface area contributed by atoms with Gasteiger partial charge in [0.05, 0.1) is 18.9 Å². The monoisotopic (exact) mass is 360 g/mol. The van der Waals surface area contributed by atoms with Gasteiger partial charge in [0, 0.05) is 0 Å². The van der Waals surface area contributed by atoms with E-state index in [0.717, 1.165) is 30.6 Å². The normalized spacial score (nSPS) is 11.8. The quantitative estimate of drug-likeness (QED) is 0.456. The zero-order valence-electron chi connectivity index (χ0n) is 14.6. The minimum Gasteiger partial charge on any atom is -0.492 e. The topological polar surface area (TPSA) is 35.5 Å². The van der Waals surface area contributed by atoms with Crippen molar-refractivity contribution < 1.29 is 14.3 Å². The number of hydrogen-bond acceptors (Lipinski definition) is 3. The molecule has 0 N–H and O–H groups in total. The van der Waals surface area contributed by atoms with Gasteiger partial charge in [-0.2, -0.15) is 0 Å². The van der Waals surface area contributed by atoms with Crippen LogP contribution in [0.15, 0.2) is 54.6 Å². The molecular formula is C21H25ClO3. The Labute approximate surface area is 154 Å². The number of halogens is 1. The van der Waals surface area contributed by atoms with Gasteiger partial charge in [0.25, 0.3) is 0 Å². The summed E-state index contributed by atoms with van der Waals surface area (Å²) in [4.78, 5) is 12.1. The highest BCUT2D eigenvalue weighted by Gasteiger charge is 2.19. The highest BCUT2D eigenvalue weighted by Crippen LogP contribution is 2.20.